The number of carboxylic acids is 1. The normalized spacial score (nSPS) is 21.2. The molecule has 1 saturated heterocycles. The number of aliphatic imine (C=N–C) groups is 1. The third-order valence-electron chi connectivity index (χ3n) is 4.37. The van der Waals surface area contributed by atoms with Crippen molar-refractivity contribution in [2.45, 2.75) is 23.0 Å². The summed E-state index contributed by atoms with van der Waals surface area (Å²) in [6.45, 7) is 0. The second-order valence-corrected chi connectivity index (χ2v) is 9.34. The molecule has 1 amide bonds. The Kier molecular flexibility index (Phi) is 7.63. The first-order chi connectivity index (χ1) is 14.0. The summed E-state index contributed by atoms with van der Waals surface area (Å²) < 4.78 is 1.49. The minimum atomic E-state index is -1.17. The van der Waals surface area contributed by atoms with Gasteiger partial charge >= 0.3 is 35.5 Å². The van der Waals surface area contributed by atoms with Crippen LogP contribution in [-0.4, -0.2) is 70.9 Å². The molecule has 1 N–H and O–H groups in total. The van der Waals surface area contributed by atoms with E-state index in [-0.39, 0.29) is 47.6 Å². The van der Waals surface area contributed by atoms with Gasteiger partial charge in [0.2, 0.25) is 5.16 Å². The Balaban J connectivity index is 0.00000256. The monoisotopic (exact) mass is 474 g/mol. The smallest absolute Gasteiger partial charge is 0.862 e. The van der Waals surface area contributed by atoms with Gasteiger partial charge in [-0.3, -0.25) is 14.7 Å². The third-order valence-corrected chi connectivity index (χ3v) is 7.67. The third kappa shape index (κ3) is 4.60. The zero-order chi connectivity index (χ0) is 20.5. The molecule has 0 spiro atoms. The van der Waals surface area contributed by atoms with Gasteiger partial charge in [0.05, 0.1) is 0 Å². The van der Waals surface area contributed by atoms with Crippen molar-refractivity contribution in [2.75, 3.05) is 11.5 Å². The van der Waals surface area contributed by atoms with Gasteiger partial charge in [-0.25, -0.2) is 9.48 Å². The number of carbonyl (C=O) groups excluding carboxylic acids is 1. The van der Waals surface area contributed by atoms with Crippen molar-refractivity contribution < 1.29 is 49.4 Å². The van der Waals surface area contributed by atoms with E-state index in [0.717, 1.165) is 4.88 Å². The minimum Gasteiger partial charge on any atom is -0.862 e. The van der Waals surface area contributed by atoms with Crippen LogP contribution >= 0.6 is 34.9 Å². The molecule has 0 saturated carbocycles. The van der Waals surface area contributed by atoms with Crippen molar-refractivity contribution in [3.8, 4) is 0 Å². The molecule has 0 aliphatic carbocycles. The van der Waals surface area contributed by atoms with Gasteiger partial charge in [-0.1, -0.05) is 17.8 Å². The van der Waals surface area contributed by atoms with E-state index in [1.807, 2.05) is 17.5 Å². The molecule has 2 aromatic rings. The van der Waals surface area contributed by atoms with Crippen molar-refractivity contribution in [3.05, 3.63) is 33.7 Å². The van der Waals surface area contributed by atoms with E-state index in [9.17, 15) is 19.8 Å². The maximum absolute atomic E-state index is 12.6. The van der Waals surface area contributed by atoms with Crippen molar-refractivity contribution in [2.24, 2.45) is 12.0 Å². The number of hydrogen-bond donors (Lipinski definition) is 1. The first kappa shape index (κ1) is 23.3. The molecular formula is C16H15N6NaO4S3. The summed E-state index contributed by atoms with van der Waals surface area (Å²) in [5.74, 6) is -1.22. The van der Waals surface area contributed by atoms with Crippen LogP contribution in [0.2, 0.25) is 0 Å². The summed E-state index contributed by atoms with van der Waals surface area (Å²) >= 11 is 4.17. The second kappa shape index (κ2) is 9.83. The summed E-state index contributed by atoms with van der Waals surface area (Å²) in [5.41, 5.74) is 0.585. The molecule has 14 heteroatoms. The molecule has 0 aromatic carbocycles. The van der Waals surface area contributed by atoms with Gasteiger partial charge < -0.3 is 10.2 Å². The number of fused-ring (bicyclic) bond motifs is 1. The van der Waals surface area contributed by atoms with E-state index in [0.29, 0.717) is 22.2 Å². The van der Waals surface area contributed by atoms with Gasteiger partial charge in [0.15, 0.2) is 6.04 Å². The van der Waals surface area contributed by atoms with Crippen LogP contribution in [0.25, 0.3) is 0 Å². The molecule has 2 aromatic heterocycles. The van der Waals surface area contributed by atoms with Gasteiger partial charge in [-0.15, -0.1) is 28.2 Å². The molecule has 1 fully saturated rings. The van der Waals surface area contributed by atoms with Crippen molar-refractivity contribution in [1.82, 2.24) is 25.1 Å². The molecule has 10 nitrogen and oxygen atoms in total. The van der Waals surface area contributed by atoms with Gasteiger partial charge in [-0.2, -0.15) is 0 Å². The molecular weight excluding hydrogens is 459 g/mol. The summed E-state index contributed by atoms with van der Waals surface area (Å²) in [5, 5.41) is 35.0. The molecule has 2 aliphatic rings. The Hall–Kier alpha value is -1.38. The summed E-state index contributed by atoms with van der Waals surface area (Å²) in [6.07, 6.45) is 0.147. The van der Waals surface area contributed by atoms with Crippen molar-refractivity contribution >= 4 is 52.6 Å². The average molecular weight is 475 g/mol. The number of β-lactam (4-membered cyclic amide) rings is 1. The van der Waals surface area contributed by atoms with Crippen LogP contribution in [0.1, 0.15) is 4.88 Å². The zero-order valence-corrected chi connectivity index (χ0v) is 20.5. The quantitative estimate of drug-likeness (QED) is 0.146. The molecule has 30 heavy (non-hydrogen) atoms. The van der Waals surface area contributed by atoms with Crippen LogP contribution in [0.15, 0.2) is 38.9 Å². The molecule has 2 aliphatic heterocycles. The summed E-state index contributed by atoms with van der Waals surface area (Å²) in [4.78, 5) is 30.6. The Bertz CT molecular complexity index is 1010. The Morgan fingerprint density at radius 3 is 2.93 bits per heavy atom. The number of amides is 1. The zero-order valence-electron chi connectivity index (χ0n) is 16.1. The number of rotatable bonds is 7. The molecule has 4 heterocycles. The molecule has 4 rings (SSSR count). The van der Waals surface area contributed by atoms with E-state index in [1.54, 1.807) is 7.05 Å². The largest absolute Gasteiger partial charge is 1.00 e. The summed E-state index contributed by atoms with van der Waals surface area (Å²) in [6, 6.07) is 2.85. The van der Waals surface area contributed by atoms with Crippen LogP contribution in [-0.2, 0) is 23.1 Å². The Morgan fingerprint density at radius 2 is 2.30 bits per heavy atom. The van der Waals surface area contributed by atoms with Crippen LogP contribution < -0.4 is 34.7 Å². The number of carboxylic acid groups (broad SMARTS) is 1. The number of aliphatic carboxylic acids is 1. The molecule has 2 atom stereocenters. The van der Waals surface area contributed by atoms with Crippen LogP contribution in [0.3, 0.4) is 0 Å². The fourth-order valence-corrected chi connectivity index (χ4v) is 6.03. The van der Waals surface area contributed by atoms with Crippen molar-refractivity contribution in [1.29, 1.82) is 0 Å². The Labute approximate surface area is 206 Å². The first-order valence-corrected chi connectivity index (χ1v) is 11.4. The fourth-order valence-electron chi connectivity index (χ4n) is 3.02. The van der Waals surface area contributed by atoms with E-state index >= 15 is 0 Å². The maximum Gasteiger partial charge on any atom is 1.00 e. The van der Waals surface area contributed by atoms with Crippen LogP contribution in [0.4, 0.5) is 0 Å². The van der Waals surface area contributed by atoms with Crippen LogP contribution in [0.5, 0.6) is 0 Å². The molecule has 0 bridgehead atoms. The number of tetrazole rings is 1. The number of thioether (sulfide) groups is 2. The number of aromatic nitrogens is 4. The topological polar surface area (TPSA) is 137 Å². The first-order valence-electron chi connectivity index (χ1n) is 8.47. The summed E-state index contributed by atoms with van der Waals surface area (Å²) in [7, 11) is 1.69. The average Bonchev–Trinajstić information content (AvgIpc) is 3.35. The van der Waals surface area contributed by atoms with Gasteiger partial charge in [0, 0.05) is 29.9 Å². The van der Waals surface area contributed by atoms with E-state index < -0.39 is 23.3 Å². The molecule has 0 unspecified atom stereocenters. The van der Waals surface area contributed by atoms with Gasteiger partial charge in [-0.05, 0) is 33.3 Å². The van der Waals surface area contributed by atoms with Gasteiger partial charge in [0.25, 0.3) is 5.91 Å². The van der Waals surface area contributed by atoms with E-state index in [2.05, 4.69) is 20.5 Å². The SMILES string of the molecule is Cn1nnnc1SCC1=C(C(=O)O)N2C(=O)[C@@H](N=C([O-])Cc3cccs3)[C@H]2SC1.[Na+]. The number of nitrogens with zero attached hydrogens (tertiary/aromatic N) is 6. The van der Waals surface area contributed by atoms with Crippen molar-refractivity contribution in [3.63, 3.8) is 0 Å². The molecule has 0 radical (unpaired) electrons. The number of hydrogen-bond acceptors (Lipinski definition) is 10. The second-order valence-electron chi connectivity index (χ2n) is 6.26. The number of thiophene rings is 1. The Morgan fingerprint density at radius 1 is 1.50 bits per heavy atom. The van der Waals surface area contributed by atoms with Gasteiger partial charge in [0.1, 0.15) is 11.1 Å². The standard InChI is InChI=1S/C16H16N6O4S3.Na/c1-21-16(18-19-20-21)29-7-8-6-28-14-11(13(24)22(14)12(8)15(25)26)17-10(23)5-9-3-2-4-27-9;/h2-4,11,14H,5-7H2,1H3,(H,17,23)(H,25,26);/q;+1/p-1/t11-,14-;/m1./s1. The fraction of sp³-hybridized carbons (Fsp3) is 0.375. The number of carbonyl (C=O) groups is 2. The predicted octanol–water partition coefficient (Wildman–Crippen LogP) is -3.01. The minimum absolute atomic E-state index is 0. The number of aryl methyl sites for hydroxylation is 1. The van der Waals surface area contributed by atoms with E-state index in [1.165, 1.54) is 44.4 Å². The molecule has 152 valence electrons. The predicted molar refractivity (Wildman–Crippen MR) is 107 cm³/mol. The van der Waals surface area contributed by atoms with Crippen LogP contribution in [0, 0.1) is 0 Å². The van der Waals surface area contributed by atoms with E-state index in [4.69, 9.17) is 0 Å². The maximum atomic E-state index is 12.6.